The van der Waals surface area contributed by atoms with Crippen LogP contribution in [0.2, 0.25) is 0 Å². The fraction of sp³-hybridized carbons (Fsp3) is 0.393. The number of hydrogen-bond donors (Lipinski definition) is 7. The molecule has 228 valence electrons. The molecule has 0 bridgehead atoms. The Morgan fingerprint density at radius 3 is 1.98 bits per heavy atom. The summed E-state index contributed by atoms with van der Waals surface area (Å²) in [6.45, 7) is 2.77. The number of nitrogens with one attached hydrogen (secondary N) is 4. The normalized spacial score (nSPS) is 13.0. The van der Waals surface area contributed by atoms with Crippen molar-refractivity contribution in [3.63, 3.8) is 0 Å². The van der Waals surface area contributed by atoms with E-state index >= 15 is 0 Å². The highest BCUT2D eigenvalue weighted by Gasteiger charge is 2.27. The van der Waals surface area contributed by atoms with Crippen LogP contribution in [0.3, 0.4) is 0 Å². The molecule has 2 aromatic rings. The third-order valence-corrected chi connectivity index (χ3v) is 7.64. The van der Waals surface area contributed by atoms with Crippen LogP contribution in [-0.2, 0) is 36.8 Å². The van der Waals surface area contributed by atoms with Gasteiger partial charge in [0.1, 0.15) is 17.8 Å². The fourth-order valence-electron chi connectivity index (χ4n) is 3.89. The lowest BCUT2D eigenvalue weighted by molar-refractivity contribution is -0.142. The number of hydrogen-bond acceptors (Lipinski definition) is 7. The third kappa shape index (κ3) is 12.1. The minimum atomic E-state index is -1.18. The second kappa shape index (κ2) is 17.2. The maximum atomic E-state index is 13.0. The summed E-state index contributed by atoms with van der Waals surface area (Å²) >= 11 is 3.96. The van der Waals surface area contributed by atoms with Gasteiger partial charge in [-0.2, -0.15) is 0 Å². The molecule has 4 amide bonds. The number of phenolic OH excluding ortho intramolecular Hbond substituents is 1. The highest BCUT2D eigenvalue weighted by Crippen LogP contribution is 2.27. The molecule has 0 radical (unpaired) electrons. The van der Waals surface area contributed by atoms with E-state index in [1.54, 1.807) is 42.5 Å². The topological polar surface area (TPSA) is 200 Å². The molecule has 8 N–H and O–H groups in total. The minimum Gasteiger partial charge on any atom is -0.506 e. The zero-order chi connectivity index (χ0) is 31.4. The molecule has 0 aliphatic rings. The van der Waals surface area contributed by atoms with Crippen LogP contribution >= 0.6 is 45.2 Å². The SMILES string of the molecule is CC(C)C[C@H](NC(=O)[C@H](Cc1ccccc1)NC(=O)CNC(=O)CNC(=O)[C@@H](N)Cc1cc(I)c(O)c(I)c1)C(=O)O. The molecule has 0 saturated heterocycles. The molecule has 2 rings (SSSR count). The van der Waals surface area contributed by atoms with E-state index in [0.717, 1.165) is 11.1 Å². The lowest BCUT2D eigenvalue weighted by Crippen LogP contribution is -2.54. The van der Waals surface area contributed by atoms with Crippen molar-refractivity contribution >= 4 is 74.8 Å². The number of aliphatic carboxylic acids is 1. The molecule has 3 atom stereocenters. The van der Waals surface area contributed by atoms with Crippen molar-refractivity contribution in [2.45, 2.75) is 51.2 Å². The Labute approximate surface area is 271 Å². The molecule has 0 aliphatic carbocycles. The van der Waals surface area contributed by atoms with Crippen LogP contribution in [0.4, 0.5) is 0 Å². The summed E-state index contributed by atoms with van der Waals surface area (Å²) in [5.74, 6) is -3.56. The summed E-state index contributed by atoms with van der Waals surface area (Å²) in [5.41, 5.74) is 7.46. The van der Waals surface area contributed by atoms with Gasteiger partial charge in [0.2, 0.25) is 23.6 Å². The molecule has 0 unspecified atom stereocenters. The van der Waals surface area contributed by atoms with Gasteiger partial charge >= 0.3 is 5.97 Å². The summed E-state index contributed by atoms with van der Waals surface area (Å²) in [5, 5.41) is 29.3. The van der Waals surface area contributed by atoms with Crippen molar-refractivity contribution in [3.8, 4) is 5.75 Å². The summed E-state index contributed by atoms with van der Waals surface area (Å²) in [7, 11) is 0. The fourth-order valence-corrected chi connectivity index (χ4v) is 5.79. The van der Waals surface area contributed by atoms with Crippen molar-refractivity contribution in [1.82, 2.24) is 21.3 Å². The summed E-state index contributed by atoms with van der Waals surface area (Å²) in [4.78, 5) is 61.9. The monoisotopic (exact) mass is 807 g/mol. The molecule has 14 heteroatoms. The standard InChI is InChI=1S/C28H35I2N5O7/c1-15(2)8-22(28(41)42)35-27(40)21(12-16-6-4-3-5-7-16)34-24(37)14-32-23(36)13-33-26(39)20(31)11-17-9-18(29)25(38)19(30)10-17/h3-7,9-10,15,20-22,38H,8,11-14,31H2,1-2H3,(H,32,36)(H,33,39)(H,34,37)(H,35,40)(H,41,42)/t20-,21-,22-/m0/s1. The Bertz CT molecular complexity index is 1250. The number of amides is 4. The van der Waals surface area contributed by atoms with Crippen LogP contribution in [0, 0.1) is 13.1 Å². The maximum absolute atomic E-state index is 13.0. The number of phenols is 1. The Hall–Kier alpha value is -2.99. The van der Waals surface area contributed by atoms with Gasteiger partial charge in [-0.05, 0) is 87.2 Å². The predicted molar refractivity (Wildman–Crippen MR) is 172 cm³/mol. The third-order valence-electron chi connectivity index (χ3n) is 5.99. The van der Waals surface area contributed by atoms with Crippen molar-refractivity contribution in [1.29, 1.82) is 0 Å². The van der Waals surface area contributed by atoms with Crippen LogP contribution in [0.15, 0.2) is 42.5 Å². The van der Waals surface area contributed by atoms with Crippen molar-refractivity contribution in [3.05, 3.63) is 60.7 Å². The van der Waals surface area contributed by atoms with Crippen LogP contribution in [0.5, 0.6) is 5.75 Å². The second-order valence-electron chi connectivity index (χ2n) is 10.1. The van der Waals surface area contributed by atoms with E-state index in [4.69, 9.17) is 5.73 Å². The number of halogens is 2. The minimum absolute atomic E-state index is 0.0133. The molecule has 12 nitrogen and oxygen atoms in total. The number of carboxylic acid groups (broad SMARTS) is 1. The average molecular weight is 807 g/mol. The van der Waals surface area contributed by atoms with Gasteiger partial charge in [-0.1, -0.05) is 44.2 Å². The van der Waals surface area contributed by atoms with Gasteiger partial charge in [0.05, 0.1) is 26.3 Å². The number of rotatable bonds is 15. The highest BCUT2D eigenvalue weighted by molar-refractivity contribution is 14.1. The molecular formula is C28H35I2N5O7. The molecule has 0 fully saturated rings. The number of carboxylic acids is 1. The van der Waals surface area contributed by atoms with Gasteiger partial charge in [-0.3, -0.25) is 19.2 Å². The van der Waals surface area contributed by atoms with E-state index in [1.165, 1.54) is 0 Å². The van der Waals surface area contributed by atoms with Gasteiger partial charge < -0.3 is 37.2 Å². The maximum Gasteiger partial charge on any atom is 0.326 e. The van der Waals surface area contributed by atoms with Crippen LogP contribution in [-0.4, -0.2) is 71.0 Å². The van der Waals surface area contributed by atoms with Gasteiger partial charge in [0.25, 0.3) is 0 Å². The number of benzene rings is 2. The first-order chi connectivity index (χ1) is 19.8. The molecule has 0 aromatic heterocycles. The molecule has 42 heavy (non-hydrogen) atoms. The first-order valence-electron chi connectivity index (χ1n) is 13.1. The Morgan fingerprint density at radius 2 is 1.40 bits per heavy atom. The summed E-state index contributed by atoms with van der Waals surface area (Å²) in [6, 6.07) is 9.17. The van der Waals surface area contributed by atoms with Gasteiger partial charge in [-0.15, -0.1) is 0 Å². The Balaban J connectivity index is 1.90. The number of nitrogens with two attached hydrogens (primary N) is 1. The van der Waals surface area contributed by atoms with Crippen molar-refractivity contribution in [2.24, 2.45) is 11.7 Å². The zero-order valence-corrected chi connectivity index (χ0v) is 27.5. The second-order valence-corrected chi connectivity index (χ2v) is 12.4. The molecule has 0 spiro atoms. The van der Waals surface area contributed by atoms with E-state index in [9.17, 15) is 34.2 Å². The van der Waals surface area contributed by atoms with Gasteiger partial charge in [0.15, 0.2) is 0 Å². The number of carbonyl (C=O) groups excluding carboxylic acids is 4. The molecule has 0 aliphatic heterocycles. The Morgan fingerprint density at radius 1 is 0.810 bits per heavy atom. The van der Waals surface area contributed by atoms with Crippen molar-refractivity contribution in [2.75, 3.05) is 13.1 Å². The first-order valence-corrected chi connectivity index (χ1v) is 15.3. The lowest BCUT2D eigenvalue weighted by Gasteiger charge is -2.22. The lowest BCUT2D eigenvalue weighted by atomic mass is 10.0. The number of carbonyl (C=O) groups is 5. The molecule has 0 heterocycles. The summed E-state index contributed by atoms with van der Waals surface area (Å²) < 4.78 is 1.25. The van der Waals surface area contributed by atoms with Crippen LogP contribution in [0.25, 0.3) is 0 Å². The van der Waals surface area contributed by atoms with Crippen molar-refractivity contribution < 1.29 is 34.2 Å². The summed E-state index contributed by atoms with van der Waals surface area (Å²) in [6.07, 6.45) is 0.506. The van der Waals surface area contributed by atoms with E-state index in [2.05, 4.69) is 21.3 Å². The smallest absolute Gasteiger partial charge is 0.326 e. The van der Waals surface area contributed by atoms with Crippen LogP contribution in [0.1, 0.15) is 31.4 Å². The van der Waals surface area contributed by atoms with E-state index in [-0.39, 0.29) is 30.9 Å². The molecule has 0 saturated carbocycles. The van der Waals surface area contributed by atoms with E-state index in [1.807, 2.05) is 59.0 Å². The average Bonchev–Trinajstić information content (AvgIpc) is 2.92. The van der Waals surface area contributed by atoms with Crippen LogP contribution < -0.4 is 27.0 Å². The zero-order valence-electron chi connectivity index (χ0n) is 23.2. The van der Waals surface area contributed by atoms with Gasteiger partial charge in [-0.25, -0.2) is 4.79 Å². The largest absolute Gasteiger partial charge is 0.506 e. The number of aromatic hydroxyl groups is 1. The molecular weight excluding hydrogens is 772 g/mol. The Kier molecular flexibility index (Phi) is 14.4. The predicted octanol–water partition coefficient (Wildman–Crippen LogP) is 1.05. The van der Waals surface area contributed by atoms with E-state index in [0.29, 0.717) is 7.14 Å². The van der Waals surface area contributed by atoms with Gasteiger partial charge in [0, 0.05) is 6.42 Å². The van der Waals surface area contributed by atoms with E-state index < -0.39 is 60.8 Å². The quantitative estimate of drug-likeness (QED) is 0.130. The first kappa shape index (κ1) is 35.2. The highest BCUT2D eigenvalue weighted by atomic mass is 127. The molecule has 2 aromatic carbocycles.